The number of hydrogen-bond acceptors (Lipinski definition) is 6. The lowest BCUT2D eigenvalue weighted by atomic mass is 10.1. The molecule has 0 aliphatic heterocycles. The van der Waals surface area contributed by atoms with Gasteiger partial charge in [0, 0.05) is 5.69 Å². The minimum Gasteiger partial charge on any atom is -0.325 e. The molecule has 7 nitrogen and oxygen atoms in total. The van der Waals surface area contributed by atoms with Crippen LogP contribution >= 0.6 is 11.8 Å². The molecule has 0 spiro atoms. The van der Waals surface area contributed by atoms with Crippen molar-refractivity contribution in [3.8, 4) is 0 Å². The van der Waals surface area contributed by atoms with Crippen molar-refractivity contribution in [1.82, 2.24) is 9.97 Å². The summed E-state index contributed by atoms with van der Waals surface area (Å²) in [6.07, 6.45) is 1.82. The van der Waals surface area contributed by atoms with Crippen LogP contribution in [0.5, 0.6) is 0 Å². The van der Waals surface area contributed by atoms with E-state index in [1.165, 1.54) is 12.1 Å². The molecule has 1 heterocycles. The molecule has 0 unspecified atom stereocenters. The zero-order valence-corrected chi connectivity index (χ0v) is 18.1. The number of nitrogens with one attached hydrogen (secondary N) is 2. The topological polar surface area (TPSA) is 109 Å². The lowest BCUT2D eigenvalue weighted by molar-refractivity contribution is -0.113. The lowest BCUT2D eigenvalue weighted by Gasteiger charge is -2.09. The number of aromatic nitrogens is 2. The van der Waals surface area contributed by atoms with E-state index in [0.29, 0.717) is 0 Å². The number of carbonyl (C=O) groups excluding carboxylic acids is 1. The molecule has 0 saturated carbocycles. The second-order valence-corrected chi connectivity index (χ2v) is 9.43. The Morgan fingerprint density at radius 1 is 1.13 bits per heavy atom. The first kappa shape index (κ1) is 21.8. The molecule has 0 saturated heterocycles. The van der Waals surface area contributed by atoms with E-state index in [-0.39, 0.29) is 21.7 Å². The van der Waals surface area contributed by atoms with Gasteiger partial charge in [-0.15, -0.1) is 0 Å². The molecule has 0 aliphatic rings. The molecule has 0 radical (unpaired) electrons. The fourth-order valence-corrected chi connectivity index (χ4v) is 4.61. The summed E-state index contributed by atoms with van der Waals surface area (Å²) in [7, 11) is -3.98. The molecule has 3 aromatic rings. The van der Waals surface area contributed by atoms with Crippen molar-refractivity contribution in [2.45, 2.75) is 35.2 Å². The Morgan fingerprint density at radius 3 is 2.50 bits per heavy atom. The van der Waals surface area contributed by atoms with E-state index in [4.69, 9.17) is 0 Å². The third-order valence-corrected chi connectivity index (χ3v) is 7.03. The molecule has 0 fully saturated rings. The molecule has 30 heavy (non-hydrogen) atoms. The van der Waals surface area contributed by atoms with Crippen molar-refractivity contribution in [3.05, 3.63) is 76.2 Å². The van der Waals surface area contributed by atoms with Crippen molar-refractivity contribution >= 4 is 33.2 Å². The summed E-state index contributed by atoms with van der Waals surface area (Å²) in [6.45, 7) is 3.84. The maximum Gasteiger partial charge on any atom is 0.270 e. The van der Waals surface area contributed by atoms with Crippen LogP contribution in [0, 0.1) is 6.92 Å². The van der Waals surface area contributed by atoms with Crippen LogP contribution in [0.25, 0.3) is 0 Å². The summed E-state index contributed by atoms with van der Waals surface area (Å²) >= 11 is 1.02. The second kappa shape index (κ2) is 9.27. The molecule has 1 amide bonds. The quantitative estimate of drug-likeness (QED) is 0.429. The maximum atomic E-state index is 12.7. The highest BCUT2D eigenvalue weighted by molar-refractivity contribution is 7.99. The molecule has 2 N–H and O–H groups in total. The number of para-hydroxylation sites is 1. The third kappa shape index (κ3) is 4.98. The van der Waals surface area contributed by atoms with E-state index in [1.54, 1.807) is 12.1 Å². The SMILES string of the molecule is CCc1ccccc1NC(=O)CSc1ncc(S(=O)(=O)c2ccc(C)cc2)c(=O)[nH]1. The first-order valence-corrected chi connectivity index (χ1v) is 11.7. The van der Waals surface area contributed by atoms with Crippen LogP contribution in [0.4, 0.5) is 5.69 Å². The van der Waals surface area contributed by atoms with E-state index in [1.807, 2.05) is 38.1 Å². The number of H-pyrrole nitrogens is 1. The van der Waals surface area contributed by atoms with Crippen LogP contribution in [-0.2, 0) is 21.1 Å². The predicted molar refractivity (Wildman–Crippen MR) is 117 cm³/mol. The summed E-state index contributed by atoms with van der Waals surface area (Å²) in [5, 5.41) is 3.00. The van der Waals surface area contributed by atoms with E-state index in [2.05, 4.69) is 15.3 Å². The summed E-state index contributed by atoms with van der Waals surface area (Å²) in [5.74, 6) is -0.231. The summed E-state index contributed by atoms with van der Waals surface area (Å²) < 4.78 is 25.4. The molecule has 9 heteroatoms. The molecule has 156 valence electrons. The number of anilines is 1. The minimum absolute atomic E-state index is 0.0189. The Kier molecular flexibility index (Phi) is 6.73. The van der Waals surface area contributed by atoms with Gasteiger partial charge in [0.1, 0.15) is 0 Å². The number of benzene rings is 2. The largest absolute Gasteiger partial charge is 0.325 e. The van der Waals surface area contributed by atoms with Gasteiger partial charge in [-0.2, -0.15) is 0 Å². The van der Waals surface area contributed by atoms with E-state index >= 15 is 0 Å². The highest BCUT2D eigenvalue weighted by atomic mass is 32.2. The number of thioether (sulfide) groups is 1. The van der Waals surface area contributed by atoms with Crippen LogP contribution < -0.4 is 10.9 Å². The number of sulfone groups is 1. The summed E-state index contributed by atoms with van der Waals surface area (Å²) in [6, 6.07) is 13.7. The highest BCUT2D eigenvalue weighted by Gasteiger charge is 2.22. The molecule has 3 rings (SSSR count). The first-order valence-electron chi connectivity index (χ1n) is 9.23. The van der Waals surface area contributed by atoms with Gasteiger partial charge in [0.25, 0.3) is 5.56 Å². The van der Waals surface area contributed by atoms with Crippen molar-refractivity contribution in [2.75, 3.05) is 11.1 Å². The monoisotopic (exact) mass is 443 g/mol. The van der Waals surface area contributed by atoms with Gasteiger partial charge in [-0.3, -0.25) is 9.59 Å². The number of aryl methyl sites for hydroxylation is 2. The third-order valence-electron chi connectivity index (χ3n) is 4.38. The number of amides is 1. The van der Waals surface area contributed by atoms with Crippen LogP contribution in [-0.4, -0.2) is 30.0 Å². The Bertz CT molecular complexity index is 1220. The normalized spacial score (nSPS) is 11.3. The molecule has 0 atom stereocenters. The molecule has 2 aromatic carbocycles. The molecule has 0 aliphatic carbocycles. The van der Waals surface area contributed by atoms with Crippen LogP contribution in [0.3, 0.4) is 0 Å². The number of aromatic amines is 1. The average molecular weight is 444 g/mol. The minimum atomic E-state index is -3.98. The Labute approximate surface area is 178 Å². The van der Waals surface area contributed by atoms with E-state index in [0.717, 1.165) is 41.2 Å². The van der Waals surface area contributed by atoms with Gasteiger partial charge in [0.2, 0.25) is 15.7 Å². The molecular formula is C21H21N3O4S2. The van der Waals surface area contributed by atoms with Crippen LogP contribution in [0.1, 0.15) is 18.1 Å². The number of carbonyl (C=O) groups is 1. The zero-order chi connectivity index (χ0) is 21.7. The van der Waals surface area contributed by atoms with Crippen LogP contribution in [0.15, 0.2) is 74.5 Å². The number of rotatable bonds is 7. The van der Waals surface area contributed by atoms with E-state index in [9.17, 15) is 18.0 Å². The molecule has 0 bridgehead atoms. The standard InChI is InChI=1S/C21H21N3O4S2/c1-3-15-6-4-5-7-17(15)23-19(25)13-29-21-22-12-18(20(26)24-21)30(27,28)16-10-8-14(2)9-11-16/h4-12H,3,13H2,1-2H3,(H,23,25)(H,22,24,26). The van der Waals surface area contributed by atoms with Crippen molar-refractivity contribution in [2.24, 2.45) is 0 Å². The Hall–Kier alpha value is -2.91. The molecule has 1 aromatic heterocycles. The van der Waals surface area contributed by atoms with Crippen molar-refractivity contribution in [3.63, 3.8) is 0 Å². The second-order valence-electron chi connectivity index (χ2n) is 6.55. The lowest BCUT2D eigenvalue weighted by Crippen LogP contribution is -2.20. The zero-order valence-electron chi connectivity index (χ0n) is 16.5. The Balaban J connectivity index is 1.70. The van der Waals surface area contributed by atoms with Gasteiger partial charge in [-0.25, -0.2) is 13.4 Å². The average Bonchev–Trinajstić information content (AvgIpc) is 2.73. The van der Waals surface area contributed by atoms with Crippen molar-refractivity contribution in [1.29, 1.82) is 0 Å². The van der Waals surface area contributed by atoms with Gasteiger partial charge in [-0.05, 0) is 37.1 Å². The Morgan fingerprint density at radius 2 is 1.83 bits per heavy atom. The van der Waals surface area contributed by atoms with Gasteiger partial charge in [0.05, 0.1) is 16.8 Å². The summed E-state index contributed by atoms with van der Waals surface area (Å²) in [5.41, 5.74) is 1.90. The molecular weight excluding hydrogens is 422 g/mol. The summed E-state index contributed by atoms with van der Waals surface area (Å²) in [4.78, 5) is 30.6. The van der Waals surface area contributed by atoms with Crippen molar-refractivity contribution < 1.29 is 13.2 Å². The van der Waals surface area contributed by atoms with Gasteiger partial charge in [-0.1, -0.05) is 54.6 Å². The smallest absolute Gasteiger partial charge is 0.270 e. The first-order chi connectivity index (χ1) is 14.3. The van der Waals surface area contributed by atoms with Gasteiger partial charge < -0.3 is 10.3 Å². The van der Waals surface area contributed by atoms with Gasteiger partial charge in [0.15, 0.2) is 10.1 Å². The number of nitrogens with zero attached hydrogens (tertiary/aromatic N) is 1. The number of hydrogen-bond donors (Lipinski definition) is 2. The van der Waals surface area contributed by atoms with Crippen LogP contribution in [0.2, 0.25) is 0 Å². The van der Waals surface area contributed by atoms with Gasteiger partial charge >= 0.3 is 0 Å². The fourth-order valence-electron chi connectivity index (χ4n) is 2.75. The maximum absolute atomic E-state index is 12.7. The predicted octanol–water partition coefficient (Wildman–Crippen LogP) is 3.20. The highest BCUT2D eigenvalue weighted by Crippen LogP contribution is 2.20. The van der Waals surface area contributed by atoms with E-state index < -0.39 is 20.3 Å². The fraction of sp³-hybridized carbons (Fsp3) is 0.190.